The molecule has 0 saturated heterocycles. The molecule has 0 bridgehead atoms. The molecule has 84 valence electrons. The molecule has 1 aromatic rings. The number of pyridine rings is 1. The van der Waals surface area contributed by atoms with Gasteiger partial charge in [0, 0.05) is 16.7 Å². The van der Waals surface area contributed by atoms with Crippen molar-refractivity contribution < 1.29 is 17.2 Å². The molecule has 0 amide bonds. The lowest BCUT2D eigenvalue weighted by Gasteiger charge is -2.03. The van der Waals surface area contributed by atoms with Gasteiger partial charge in [-0.2, -0.15) is 0 Å². The van der Waals surface area contributed by atoms with E-state index in [-0.39, 0.29) is 4.60 Å². The van der Waals surface area contributed by atoms with Gasteiger partial charge in [-0.05, 0) is 15.9 Å². The van der Waals surface area contributed by atoms with Crippen LogP contribution in [0.4, 0.5) is 8.78 Å². The quantitative estimate of drug-likeness (QED) is 0.669. The monoisotopic (exact) mass is 321 g/mol. The Morgan fingerprint density at radius 3 is 2.33 bits per heavy atom. The van der Waals surface area contributed by atoms with Gasteiger partial charge in [0.2, 0.25) is 5.43 Å². The van der Waals surface area contributed by atoms with Crippen LogP contribution in [0.1, 0.15) is 12.1 Å². The third kappa shape index (κ3) is 2.76. The van der Waals surface area contributed by atoms with Gasteiger partial charge in [-0.25, -0.2) is 17.2 Å². The lowest BCUT2D eigenvalue weighted by atomic mass is 10.3. The molecule has 1 N–H and O–H groups in total. The lowest BCUT2D eigenvalue weighted by molar-refractivity contribution is 0.145. The van der Waals surface area contributed by atoms with Gasteiger partial charge in [0.1, 0.15) is 4.60 Å². The van der Waals surface area contributed by atoms with Crippen LogP contribution >= 0.6 is 26.6 Å². The predicted octanol–water partition coefficient (Wildman–Crippen LogP) is 2.00. The number of aromatic nitrogens is 1. The normalized spacial score (nSPS) is 12.1. The highest BCUT2D eigenvalue weighted by molar-refractivity contribution is 9.10. The summed E-state index contributed by atoms with van der Waals surface area (Å²) < 4.78 is 45.7. The van der Waals surface area contributed by atoms with Crippen LogP contribution < -0.4 is 5.43 Å². The van der Waals surface area contributed by atoms with Gasteiger partial charge in [0.05, 0.1) is 5.69 Å². The first kappa shape index (κ1) is 12.6. The predicted molar refractivity (Wildman–Crippen MR) is 52.8 cm³/mol. The zero-order chi connectivity index (χ0) is 11.8. The van der Waals surface area contributed by atoms with Crippen LogP contribution in [0.5, 0.6) is 0 Å². The van der Waals surface area contributed by atoms with E-state index in [9.17, 15) is 22.0 Å². The average molecular weight is 323 g/mol. The molecule has 0 aliphatic rings. The summed E-state index contributed by atoms with van der Waals surface area (Å²) in [4.78, 5) is 12.4. The van der Waals surface area contributed by atoms with Crippen LogP contribution in [-0.2, 0) is 9.05 Å². The molecule has 1 rings (SSSR count). The third-order valence-electron chi connectivity index (χ3n) is 1.44. The minimum absolute atomic E-state index is 0.389. The zero-order valence-corrected chi connectivity index (χ0v) is 9.96. The molecule has 0 saturated carbocycles. The van der Waals surface area contributed by atoms with Crippen molar-refractivity contribution in [2.45, 2.75) is 11.3 Å². The Kier molecular flexibility index (Phi) is 3.51. The van der Waals surface area contributed by atoms with Gasteiger partial charge >= 0.3 is 0 Å². The average Bonchev–Trinajstić information content (AvgIpc) is 1.99. The van der Waals surface area contributed by atoms with Crippen LogP contribution in [0.25, 0.3) is 0 Å². The Morgan fingerprint density at radius 1 is 1.47 bits per heavy atom. The molecule has 0 unspecified atom stereocenters. The molecule has 0 aliphatic carbocycles. The van der Waals surface area contributed by atoms with Crippen molar-refractivity contribution in [2.24, 2.45) is 0 Å². The van der Waals surface area contributed by atoms with Crippen LogP contribution in [0, 0.1) is 0 Å². The molecule has 0 aliphatic heterocycles. The van der Waals surface area contributed by atoms with E-state index in [0.29, 0.717) is 6.07 Å². The SMILES string of the molecule is O=c1cc(C(F)F)[nH]c(Br)c1S(=O)(=O)Cl. The second-order valence-corrected chi connectivity index (χ2v) is 5.77. The first-order valence-corrected chi connectivity index (χ1v) is 6.49. The second-order valence-electron chi connectivity index (χ2n) is 2.47. The van der Waals surface area contributed by atoms with Crippen LogP contribution in [0.15, 0.2) is 20.4 Å². The van der Waals surface area contributed by atoms with Crippen molar-refractivity contribution in [3.8, 4) is 0 Å². The van der Waals surface area contributed by atoms with E-state index < -0.39 is 31.5 Å². The van der Waals surface area contributed by atoms with Crippen LogP contribution in [0.3, 0.4) is 0 Å². The number of hydrogen-bond donors (Lipinski definition) is 1. The van der Waals surface area contributed by atoms with E-state index >= 15 is 0 Å². The minimum Gasteiger partial charge on any atom is -0.347 e. The summed E-state index contributed by atoms with van der Waals surface area (Å²) in [7, 11) is 0.666. The van der Waals surface area contributed by atoms with Gasteiger partial charge in [0.15, 0.2) is 4.90 Å². The van der Waals surface area contributed by atoms with E-state index in [1.165, 1.54) is 0 Å². The topological polar surface area (TPSA) is 67.0 Å². The summed E-state index contributed by atoms with van der Waals surface area (Å²) in [5.41, 5.74) is -1.78. The maximum Gasteiger partial charge on any atom is 0.278 e. The number of alkyl halides is 2. The second kappa shape index (κ2) is 4.18. The molecule has 4 nitrogen and oxygen atoms in total. The Hall–Kier alpha value is -0.470. The summed E-state index contributed by atoms with van der Waals surface area (Å²) >= 11 is 2.65. The summed E-state index contributed by atoms with van der Waals surface area (Å²) in [6.45, 7) is 0. The highest BCUT2D eigenvalue weighted by Gasteiger charge is 2.22. The van der Waals surface area contributed by atoms with E-state index in [4.69, 9.17) is 10.7 Å². The number of H-pyrrole nitrogens is 1. The largest absolute Gasteiger partial charge is 0.347 e. The van der Waals surface area contributed by atoms with Crippen molar-refractivity contribution in [1.29, 1.82) is 0 Å². The number of halogens is 4. The number of rotatable bonds is 2. The molecular formula is C6H3BrClF2NO3S. The smallest absolute Gasteiger partial charge is 0.278 e. The third-order valence-corrected chi connectivity index (χ3v) is 3.66. The molecule has 0 spiro atoms. The molecule has 0 fully saturated rings. The maximum atomic E-state index is 12.2. The minimum atomic E-state index is -4.27. The number of hydrogen-bond acceptors (Lipinski definition) is 3. The van der Waals surface area contributed by atoms with Crippen molar-refractivity contribution in [1.82, 2.24) is 4.98 Å². The van der Waals surface area contributed by atoms with E-state index in [2.05, 4.69) is 15.9 Å². The van der Waals surface area contributed by atoms with E-state index in [1.807, 2.05) is 4.98 Å². The number of aromatic amines is 1. The zero-order valence-electron chi connectivity index (χ0n) is 6.80. The number of nitrogens with one attached hydrogen (secondary N) is 1. The molecule has 9 heteroatoms. The van der Waals surface area contributed by atoms with Crippen LogP contribution in [0.2, 0.25) is 0 Å². The van der Waals surface area contributed by atoms with Crippen molar-refractivity contribution >= 4 is 35.7 Å². The van der Waals surface area contributed by atoms with Gasteiger partial charge < -0.3 is 4.98 Å². The molecule has 0 aromatic carbocycles. The standard InChI is InChI=1S/C6H3BrClF2NO3S/c7-5-4(15(8,13)14)3(12)1-2(11-5)6(9)10/h1,6H,(H,11,12). The van der Waals surface area contributed by atoms with Gasteiger partial charge in [-0.15, -0.1) is 0 Å². The highest BCUT2D eigenvalue weighted by atomic mass is 79.9. The van der Waals surface area contributed by atoms with E-state index in [0.717, 1.165) is 0 Å². The molecule has 1 heterocycles. The van der Waals surface area contributed by atoms with Crippen molar-refractivity contribution in [2.75, 3.05) is 0 Å². The van der Waals surface area contributed by atoms with E-state index in [1.54, 1.807) is 0 Å². The molecular weight excluding hydrogens is 319 g/mol. The van der Waals surface area contributed by atoms with Gasteiger partial charge in [-0.1, -0.05) is 0 Å². The highest BCUT2D eigenvalue weighted by Crippen LogP contribution is 2.23. The Morgan fingerprint density at radius 2 is 2.00 bits per heavy atom. The summed E-state index contributed by atoms with van der Waals surface area (Å²) in [6.07, 6.45) is -2.90. The maximum absolute atomic E-state index is 12.2. The fourth-order valence-corrected chi connectivity index (χ4v) is 3.25. The van der Waals surface area contributed by atoms with Gasteiger partial charge in [0.25, 0.3) is 15.5 Å². The van der Waals surface area contributed by atoms with Crippen LogP contribution in [-0.4, -0.2) is 13.4 Å². The molecule has 0 radical (unpaired) electrons. The summed E-state index contributed by atoms with van der Waals surface area (Å²) in [6, 6.07) is 0.491. The Balaban J connectivity index is 3.56. The van der Waals surface area contributed by atoms with Crippen molar-refractivity contribution in [3.63, 3.8) is 0 Å². The van der Waals surface area contributed by atoms with Gasteiger partial charge in [-0.3, -0.25) is 4.79 Å². The van der Waals surface area contributed by atoms with Crippen molar-refractivity contribution in [3.05, 3.63) is 26.6 Å². The molecule has 0 atom stereocenters. The Bertz CT molecular complexity index is 542. The summed E-state index contributed by atoms with van der Waals surface area (Å²) in [5.74, 6) is 0. The fourth-order valence-electron chi connectivity index (χ4n) is 0.879. The lowest BCUT2D eigenvalue weighted by Crippen LogP contribution is -2.14. The Labute approximate surface area is 95.8 Å². The first-order valence-electron chi connectivity index (χ1n) is 3.39. The molecule has 15 heavy (non-hydrogen) atoms. The fraction of sp³-hybridized carbons (Fsp3) is 0.167. The first-order chi connectivity index (χ1) is 6.73. The molecule has 1 aromatic heterocycles. The summed E-state index contributed by atoms with van der Waals surface area (Å²) in [5, 5.41) is 0.